The van der Waals surface area contributed by atoms with Crippen molar-refractivity contribution >= 4 is 16.9 Å². The molecule has 0 amide bonds. The maximum absolute atomic E-state index is 13.9. The van der Waals surface area contributed by atoms with Gasteiger partial charge in [0, 0.05) is 50.4 Å². The number of morpholine rings is 1. The van der Waals surface area contributed by atoms with E-state index in [1.165, 1.54) is 0 Å². The Labute approximate surface area is 254 Å². The number of aliphatic hydroxyl groups excluding tert-OH is 1. The molecular weight excluding hydrogens is 575 g/mol. The fraction of sp³-hybridized carbons (Fsp3) is 0.455. The van der Waals surface area contributed by atoms with Gasteiger partial charge in [0.15, 0.2) is 11.6 Å². The third kappa shape index (κ3) is 7.16. The van der Waals surface area contributed by atoms with Crippen LogP contribution in [-0.4, -0.2) is 84.0 Å². The lowest BCUT2D eigenvalue weighted by atomic mass is 9.73. The van der Waals surface area contributed by atoms with Crippen LogP contribution in [0, 0.1) is 34.7 Å². The summed E-state index contributed by atoms with van der Waals surface area (Å²) in [6, 6.07) is 6.83. The Morgan fingerprint density at radius 1 is 1.11 bits per heavy atom. The molecule has 2 N–H and O–H groups in total. The minimum atomic E-state index is -1.30. The predicted molar refractivity (Wildman–Crippen MR) is 158 cm³/mol. The summed E-state index contributed by atoms with van der Waals surface area (Å²) in [4.78, 5) is 21.4. The summed E-state index contributed by atoms with van der Waals surface area (Å²) in [6.07, 6.45) is 2.05. The van der Waals surface area contributed by atoms with Crippen LogP contribution in [0.15, 0.2) is 36.5 Å². The quantitative estimate of drug-likeness (QED) is 0.270. The van der Waals surface area contributed by atoms with Gasteiger partial charge < -0.3 is 19.7 Å². The number of hydrogen-bond donors (Lipinski definition) is 2. The zero-order valence-corrected chi connectivity index (χ0v) is 24.6. The number of likely N-dealkylation sites (tertiary alicyclic amines) is 1. The van der Waals surface area contributed by atoms with Crippen LogP contribution in [-0.2, 0) is 16.1 Å². The van der Waals surface area contributed by atoms with Gasteiger partial charge in [-0.3, -0.25) is 19.6 Å². The van der Waals surface area contributed by atoms with Gasteiger partial charge in [-0.05, 0) is 61.1 Å². The van der Waals surface area contributed by atoms with Crippen LogP contribution in [0.1, 0.15) is 48.5 Å². The first kappa shape index (κ1) is 31.7. The third-order valence-electron chi connectivity index (χ3n) is 8.71. The molecule has 0 radical (unpaired) electrons. The number of benzene rings is 2. The van der Waals surface area contributed by atoms with E-state index in [0.29, 0.717) is 63.0 Å². The molecule has 234 valence electrons. The molecule has 0 saturated carbocycles. The van der Waals surface area contributed by atoms with E-state index < -0.39 is 34.9 Å². The number of aromatic nitrogens is 1. The van der Waals surface area contributed by atoms with Crippen molar-refractivity contribution < 1.29 is 37.7 Å². The normalized spacial score (nSPS) is 18.0. The highest BCUT2D eigenvalue weighted by Gasteiger charge is 2.41. The second-order valence-electron chi connectivity index (χ2n) is 11.4. The largest absolute Gasteiger partial charge is 0.497 e. The molecule has 3 heterocycles. The first-order valence-corrected chi connectivity index (χ1v) is 14.7. The number of carboxylic acid groups (broad SMARTS) is 1. The molecule has 11 heteroatoms. The maximum atomic E-state index is 13.9. The fourth-order valence-electron chi connectivity index (χ4n) is 6.04. The molecule has 1 atom stereocenters. The van der Waals surface area contributed by atoms with E-state index in [1.54, 1.807) is 13.3 Å². The van der Waals surface area contributed by atoms with Crippen molar-refractivity contribution in [3.05, 3.63) is 70.7 Å². The number of nitrogens with zero attached hydrogens (tertiary/aromatic N) is 3. The first-order valence-electron chi connectivity index (χ1n) is 14.7. The molecule has 2 saturated heterocycles. The number of fused-ring (bicyclic) bond motifs is 1. The standard InChI is InChI=1S/C33H36F3N3O5/c1-43-25-4-5-28-26(19-25)30(23(20-37-28)21-39-13-15-44-16-14-39)29(40)6-7-33(32(41)42)8-11-38(12-9-33)10-2-3-22-17-24(34)18-27(35)31(22)36/h4-5,17-20,29,40H,6-16,21H2,1H3,(H,41,42). The average molecular weight is 612 g/mol. The summed E-state index contributed by atoms with van der Waals surface area (Å²) in [5.74, 6) is 1.54. The molecule has 0 bridgehead atoms. The lowest BCUT2D eigenvalue weighted by Crippen LogP contribution is -2.44. The van der Waals surface area contributed by atoms with Gasteiger partial charge in [0.05, 0.1) is 49.5 Å². The second kappa shape index (κ2) is 13.9. The van der Waals surface area contributed by atoms with Gasteiger partial charge in [0.1, 0.15) is 11.6 Å². The summed E-state index contributed by atoms with van der Waals surface area (Å²) in [6.45, 7) is 4.44. The Bertz CT molecular complexity index is 1560. The SMILES string of the molecule is COc1ccc2ncc(CN3CCOCC3)c(C(O)CCC3(C(=O)O)CCN(CC#Cc4cc(F)cc(F)c4F)CC3)c2c1. The number of ether oxygens (including phenoxy) is 2. The Balaban J connectivity index is 1.29. The fourth-order valence-corrected chi connectivity index (χ4v) is 6.04. The minimum Gasteiger partial charge on any atom is -0.497 e. The summed E-state index contributed by atoms with van der Waals surface area (Å²) in [5.41, 5.74) is 0.937. The number of aliphatic carboxylic acids is 1. The highest BCUT2D eigenvalue weighted by Crippen LogP contribution is 2.40. The molecule has 0 aliphatic carbocycles. The molecule has 3 aromatic rings. The summed E-state index contributed by atoms with van der Waals surface area (Å²) in [5, 5.41) is 22.7. The molecule has 1 aromatic heterocycles. The number of pyridine rings is 1. The smallest absolute Gasteiger partial charge is 0.309 e. The molecule has 0 spiro atoms. The number of hydrogen-bond acceptors (Lipinski definition) is 7. The number of piperidine rings is 1. The summed E-state index contributed by atoms with van der Waals surface area (Å²) in [7, 11) is 1.58. The molecule has 2 aromatic carbocycles. The van der Waals surface area contributed by atoms with Crippen molar-refractivity contribution in [1.29, 1.82) is 0 Å². The zero-order chi connectivity index (χ0) is 31.3. The van der Waals surface area contributed by atoms with E-state index in [0.717, 1.165) is 35.7 Å². The molecule has 2 aliphatic heterocycles. The number of carboxylic acids is 1. The van der Waals surface area contributed by atoms with E-state index in [1.807, 2.05) is 23.1 Å². The molecule has 1 unspecified atom stereocenters. The molecular formula is C33H36F3N3O5. The highest BCUT2D eigenvalue weighted by molar-refractivity contribution is 5.85. The van der Waals surface area contributed by atoms with Crippen LogP contribution >= 0.6 is 0 Å². The lowest BCUT2D eigenvalue weighted by Gasteiger charge is -2.38. The van der Waals surface area contributed by atoms with Crippen LogP contribution in [0.3, 0.4) is 0 Å². The number of halogens is 3. The Morgan fingerprint density at radius 2 is 1.86 bits per heavy atom. The molecule has 8 nitrogen and oxygen atoms in total. The van der Waals surface area contributed by atoms with Gasteiger partial charge in [0.25, 0.3) is 0 Å². The predicted octanol–water partition coefficient (Wildman–Crippen LogP) is 4.53. The highest BCUT2D eigenvalue weighted by atomic mass is 19.2. The van der Waals surface area contributed by atoms with E-state index in [2.05, 4.69) is 21.7 Å². The monoisotopic (exact) mass is 611 g/mol. The number of aliphatic hydroxyl groups is 1. The van der Waals surface area contributed by atoms with Crippen molar-refractivity contribution in [3.63, 3.8) is 0 Å². The van der Waals surface area contributed by atoms with Gasteiger partial charge >= 0.3 is 5.97 Å². The first-order chi connectivity index (χ1) is 21.2. The van der Waals surface area contributed by atoms with Gasteiger partial charge in [-0.15, -0.1) is 0 Å². The van der Waals surface area contributed by atoms with Crippen LogP contribution in [0.2, 0.25) is 0 Å². The van der Waals surface area contributed by atoms with Crippen LogP contribution in [0.25, 0.3) is 10.9 Å². The molecule has 2 aliphatic rings. The van der Waals surface area contributed by atoms with Crippen molar-refractivity contribution in [2.24, 2.45) is 5.41 Å². The molecule has 44 heavy (non-hydrogen) atoms. The lowest BCUT2D eigenvalue weighted by molar-refractivity contribution is -0.153. The van der Waals surface area contributed by atoms with Gasteiger partial charge in [-0.2, -0.15) is 0 Å². The zero-order valence-electron chi connectivity index (χ0n) is 24.6. The number of carbonyl (C=O) groups is 1. The number of rotatable bonds is 9. The Hall–Kier alpha value is -3.69. The van der Waals surface area contributed by atoms with Crippen molar-refractivity contribution in [2.75, 3.05) is 53.0 Å². The summed E-state index contributed by atoms with van der Waals surface area (Å²) < 4.78 is 51.8. The van der Waals surface area contributed by atoms with Crippen LogP contribution in [0.5, 0.6) is 5.75 Å². The Morgan fingerprint density at radius 3 is 2.57 bits per heavy atom. The average Bonchev–Trinajstić information content (AvgIpc) is 3.02. The molecule has 2 fully saturated rings. The van der Waals surface area contributed by atoms with Crippen LogP contribution < -0.4 is 4.74 Å². The minimum absolute atomic E-state index is 0.200. The van der Waals surface area contributed by atoms with E-state index >= 15 is 0 Å². The van der Waals surface area contributed by atoms with Gasteiger partial charge in [0.2, 0.25) is 0 Å². The van der Waals surface area contributed by atoms with E-state index in [4.69, 9.17) is 9.47 Å². The van der Waals surface area contributed by atoms with Crippen molar-refractivity contribution in [2.45, 2.75) is 38.3 Å². The van der Waals surface area contributed by atoms with E-state index in [9.17, 15) is 28.2 Å². The Kier molecular flexibility index (Phi) is 10.1. The summed E-state index contributed by atoms with van der Waals surface area (Å²) >= 11 is 0. The number of methoxy groups -OCH3 is 1. The van der Waals surface area contributed by atoms with Crippen molar-refractivity contribution in [3.8, 4) is 17.6 Å². The van der Waals surface area contributed by atoms with E-state index in [-0.39, 0.29) is 24.9 Å². The van der Waals surface area contributed by atoms with Crippen molar-refractivity contribution in [1.82, 2.24) is 14.8 Å². The van der Waals surface area contributed by atoms with Crippen LogP contribution in [0.4, 0.5) is 13.2 Å². The second-order valence-corrected chi connectivity index (χ2v) is 11.4. The maximum Gasteiger partial charge on any atom is 0.309 e. The third-order valence-corrected chi connectivity index (χ3v) is 8.71. The van der Waals surface area contributed by atoms with Gasteiger partial charge in [-0.1, -0.05) is 11.8 Å². The van der Waals surface area contributed by atoms with Gasteiger partial charge in [-0.25, -0.2) is 13.2 Å². The topological polar surface area (TPSA) is 95.4 Å². The molecule has 5 rings (SSSR count).